The lowest BCUT2D eigenvalue weighted by molar-refractivity contribution is 0.0727. The molecule has 0 atom stereocenters. The Balaban J connectivity index is 2.16. The summed E-state index contributed by atoms with van der Waals surface area (Å²) in [4.78, 5) is 11.8. The Labute approximate surface area is 109 Å². The second kappa shape index (κ2) is 5.09. The van der Waals surface area contributed by atoms with Crippen molar-refractivity contribution in [1.82, 2.24) is 9.78 Å². The number of rotatable bonds is 3. The fourth-order valence-corrected chi connectivity index (χ4v) is 1.58. The summed E-state index contributed by atoms with van der Waals surface area (Å²) in [5.41, 5.74) is 5.86. The van der Waals surface area contributed by atoms with E-state index in [1.165, 1.54) is 35.0 Å². The standard InChI is InChI=1S/C13H14FN3O2/c1-8(2)17-12(15)7-11(16-17)13(18)19-10-5-3-9(14)4-6-10/h3-8H,15H2,1-2H3. The van der Waals surface area contributed by atoms with Gasteiger partial charge in [-0.1, -0.05) is 0 Å². The summed E-state index contributed by atoms with van der Waals surface area (Å²) in [6, 6.07) is 6.66. The van der Waals surface area contributed by atoms with Crippen molar-refractivity contribution in [3.8, 4) is 5.75 Å². The van der Waals surface area contributed by atoms with Crippen molar-refractivity contribution >= 4 is 11.8 Å². The maximum atomic E-state index is 12.7. The predicted octanol–water partition coefficient (Wildman–Crippen LogP) is 2.40. The summed E-state index contributed by atoms with van der Waals surface area (Å²) in [6.07, 6.45) is 0. The van der Waals surface area contributed by atoms with Crippen LogP contribution in [0.2, 0.25) is 0 Å². The average Bonchev–Trinajstić information content (AvgIpc) is 2.74. The fraction of sp³-hybridized carbons (Fsp3) is 0.231. The number of nitrogen functional groups attached to an aromatic ring is 1. The minimum absolute atomic E-state index is 0.0485. The second-order valence-electron chi connectivity index (χ2n) is 4.34. The number of anilines is 1. The zero-order valence-corrected chi connectivity index (χ0v) is 10.6. The molecule has 1 heterocycles. The number of benzene rings is 1. The van der Waals surface area contributed by atoms with Crippen LogP contribution in [0.3, 0.4) is 0 Å². The molecule has 2 aromatic rings. The Morgan fingerprint density at radius 1 is 1.37 bits per heavy atom. The zero-order chi connectivity index (χ0) is 14.0. The Bertz CT molecular complexity index is 590. The van der Waals surface area contributed by atoms with E-state index in [2.05, 4.69) is 5.10 Å². The van der Waals surface area contributed by atoms with E-state index in [9.17, 15) is 9.18 Å². The summed E-state index contributed by atoms with van der Waals surface area (Å²) in [5, 5.41) is 4.07. The first-order valence-electron chi connectivity index (χ1n) is 5.80. The largest absolute Gasteiger partial charge is 0.422 e. The van der Waals surface area contributed by atoms with Crippen LogP contribution in [-0.4, -0.2) is 15.7 Å². The summed E-state index contributed by atoms with van der Waals surface area (Å²) in [6.45, 7) is 3.80. The Morgan fingerprint density at radius 2 is 2.00 bits per heavy atom. The van der Waals surface area contributed by atoms with Crippen molar-refractivity contribution in [3.05, 3.63) is 41.8 Å². The number of ether oxygens (including phenoxy) is 1. The second-order valence-corrected chi connectivity index (χ2v) is 4.34. The first-order chi connectivity index (χ1) is 8.97. The van der Waals surface area contributed by atoms with E-state index in [1.54, 1.807) is 0 Å². The van der Waals surface area contributed by atoms with Crippen molar-refractivity contribution < 1.29 is 13.9 Å². The molecule has 100 valence electrons. The van der Waals surface area contributed by atoms with Crippen LogP contribution in [0.25, 0.3) is 0 Å². The minimum Gasteiger partial charge on any atom is -0.422 e. The monoisotopic (exact) mass is 263 g/mol. The molecule has 0 radical (unpaired) electrons. The lowest BCUT2D eigenvalue weighted by Gasteiger charge is -2.06. The van der Waals surface area contributed by atoms with E-state index in [1.807, 2.05) is 13.8 Å². The number of aromatic nitrogens is 2. The SMILES string of the molecule is CC(C)n1nc(C(=O)Oc2ccc(F)cc2)cc1N. The normalized spacial score (nSPS) is 10.7. The number of hydrogen-bond acceptors (Lipinski definition) is 4. The van der Waals surface area contributed by atoms with Gasteiger partial charge in [0.25, 0.3) is 0 Å². The number of nitrogens with two attached hydrogens (primary N) is 1. The van der Waals surface area contributed by atoms with E-state index < -0.39 is 11.8 Å². The molecule has 0 spiro atoms. The Hall–Kier alpha value is -2.37. The van der Waals surface area contributed by atoms with Gasteiger partial charge in [0.2, 0.25) is 0 Å². The Morgan fingerprint density at radius 3 is 2.53 bits per heavy atom. The maximum absolute atomic E-state index is 12.7. The molecule has 0 unspecified atom stereocenters. The predicted molar refractivity (Wildman–Crippen MR) is 68.4 cm³/mol. The molecule has 2 N–H and O–H groups in total. The quantitative estimate of drug-likeness (QED) is 0.682. The van der Waals surface area contributed by atoms with Gasteiger partial charge in [-0.15, -0.1) is 0 Å². The van der Waals surface area contributed by atoms with E-state index in [0.717, 1.165) is 0 Å². The molecule has 6 heteroatoms. The topological polar surface area (TPSA) is 70.1 Å². The van der Waals surface area contributed by atoms with Gasteiger partial charge in [-0.3, -0.25) is 0 Å². The molecule has 0 saturated carbocycles. The molecule has 0 aliphatic rings. The van der Waals surface area contributed by atoms with Gasteiger partial charge in [0, 0.05) is 12.1 Å². The molecule has 2 rings (SSSR count). The zero-order valence-electron chi connectivity index (χ0n) is 10.6. The number of halogens is 1. The number of carbonyl (C=O) groups is 1. The highest BCUT2D eigenvalue weighted by Crippen LogP contribution is 2.16. The van der Waals surface area contributed by atoms with Crippen LogP contribution in [0.4, 0.5) is 10.2 Å². The third-order valence-electron chi connectivity index (χ3n) is 2.49. The molecule has 1 aromatic heterocycles. The Kier molecular flexibility index (Phi) is 3.50. The molecule has 19 heavy (non-hydrogen) atoms. The molecular weight excluding hydrogens is 249 g/mol. The van der Waals surface area contributed by atoms with Crippen LogP contribution in [0.15, 0.2) is 30.3 Å². The van der Waals surface area contributed by atoms with E-state index in [4.69, 9.17) is 10.5 Å². The van der Waals surface area contributed by atoms with Crippen LogP contribution in [0.5, 0.6) is 5.75 Å². The van der Waals surface area contributed by atoms with Crippen molar-refractivity contribution in [1.29, 1.82) is 0 Å². The van der Waals surface area contributed by atoms with Gasteiger partial charge in [0.05, 0.1) is 0 Å². The van der Waals surface area contributed by atoms with E-state index in [0.29, 0.717) is 5.82 Å². The lowest BCUT2D eigenvalue weighted by Crippen LogP contribution is -2.11. The van der Waals surface area contributed by atoms with Gasteiger partial charge in [-0.05, 0) is 38.1 Å². The molecular formula is C13H14FN3O2. The van der Waals surface area contributed by atoms with Crippen LogP contribution in [0, 0.1) is 5.82 Å². The fourth-order valence-electron chi connectivity index (χ4n) is 1.58. The first kappa shape index (κ1) is 13.1. The molecule has 0 aliphatic carbocycles. The van der Waals surface area contributed by atoms with Crippen LogP contribution in [0.1, 0.15) is 30.4 Å². The average molecular weight is 263 g/mol. The van der Waals surface area contributed by atoms with E-state index >= 15 is 0 Å². The molecule has 0 fully saturated rings. The maximum Gasteiger partial charge on any atom is 0.364 e. The highest BCUT2D eigenvalue weighted by atomic mass is 19.1. The number of esters is 1. The summed E-state index contributed by atoms with van der Waals surface area (Å²) in [5.74, 6) is -0.379. The summed E-state index contributed by atoms with van der Waals surface area (Å²) < 4.78 is 19.3. The highest BCUT2D eigenvalue weighted by Gasteiger charge is 2.16. The van der Waals surface area contributed by atoms with Crippen molar-refractivity contribution in [2.24, 2.45) is 0 Å². The van der Waals surface area contributed by atoms with Crippen LogP contribution >= 0.6 is 0 Å². The van der Waals surface area contributed by atoms with Crippen LogP contribution < -0.4 is 10.5 Å². The van der Waals surface area contributed by atoms with Gasteiger partial charge < -0.3 is 10.5 Å². The molecule has 0 bridgehead atoms. The number of carbonyl (C=O) groups excluding carboxylic acids is 1. The summed E-state index contributed by atoms with van der Waals surface area (Å²) in [7, 11) is 0. The van der Waals surface area contributed by atoms with Crippen molar-refractivity contribution in [3.63, 3.8) is 0 Å². The van der Waals surface area contributed by atoms with Gasteiger partial charge in [0.1, 0.15) is 17.4 Å². The molecule has 1 aromatic carbocycles. The first-order valence-corrected chi connectivity index (χ1v) is 5.80. The van der Waals surface area contributed by atoms with Gasteiger partial charge in [-0.2, -0.15) is 5.10 Å². The summed E-state index contributed by atoms with van der Waals surface area (Å²) >= 11 is 0. The van der Waals surface area contributed by atoms with Gasteiger partial charge in [-0.25, -0.2) is 13.9 Å². The van der Waals surface area contributed by atoms with Crippen molar-refractivity contribution in [2.75, 3.05) is 5.73 Å². The minimum atomic E-state index is -0.627. The highest BCUT2D eigenvalue weighted by molar-refractivity contribution is 5.89. The number of hydrogen-bond donors (Lipinski definition) is 1. The smallest absolute Gasteiger partial charge is 0.364 e. The molecule has 0 amide bonds. The van der Waals surface area contributed by atoms with E-state index in [-0.39, 0.29) is 17.5 Å². The van der Waals surface area contributed by atoms with Crippen molar-refractivity contribution in [2.45, 2.75) is 19.9 Å². The van der Waals surface area contributed by atoms with Gasteiger partial charge >= 0.3 is 5.97 Å². The molecule has 0 aliphatic heterocycles. The lowest BCUT2D eigenvalue weighted by atomic mass is 10.3. The molecule has 0 saturated heterocycles. The third kappa shape index (κ3) is 2.90. The van der Waals surface area contributed by atoms with Gasteiger partial charge in [0.15, 0.2) is 5.69 Å². The molecule has 5 nitrogen and oxygen atoms in total. The third-order valence-corrected chi connectivity index (χ3v) is 2.49. The number of nitrogens with zero attached hydrogens (tertiary/aromatic N) is 2. The van der Waals surface area contributed by atoms with Crippen LogP contribution in [-0.2, 0) is 0 Å².